The highest BCUT2D eigenvalue weighted by Crippen LogP contribution is 2.15. The lowest BCUT2D eigenvalue weighted by Crippen LogP contribution is -2.14. The normalized spacial score (nSPS) is 12.5. The zero-order valence-corrected chi connectivity index (χ0v) is 9.64. The molecule has 2 nitrogen and oxygen atoms in total. The van der Waals surface area contributed by atoms with Crippen LogP contribution in [0.25, 0.3) is 0 Å². The van der Waals surface area contributed by atoms with Gasteiger partial charge in [-0.2, -0.15) is 0 Å². The summed E-state index contributed by atoms with van der Waals surface area (Å²) in [5, 5.41) is 0. The molecule has 0 heterocycles. The van der Waals surface area contributed by atoms with Crippen molar-refractivity contribution >= 4 is 11.6 Å². The van der Waals surface area contributed by atoms with Crippen molar-refractivity contribution in [2.24, 2.45) is 5.92 Å². The van der Waals surface area contributed by atoms with E-state index in [2.05, 4.69) is 6.92 Å². The third kappa shape index (κ3) is 6.81. The van der Waals surface area contributed by atoms with Gasteiger partial charge in [0.25, 0.3) is 0 Å². The topological polar surface area (TPSA) is 34.1 Å². The molecule has 0 aromatic carbocycles. The molecule has 0 aliphatic rings. The Labute approximate surface area is 87.1 Å². The zero-order chi connectivity index (χ0) is 11.0. The third-order valence-corrected chi connectivity index (χ3v) is 2.51. The molecule has 0 aromatic heterocycles. The Morgan fingerprint density at radius 2 is 1.71 bits per heavy atom. The molecule has 0 aliphatic carbocycles. The van der Waals surface area contributed by atoms with Crippen LogP contribution in [-0.4, -0.2) is 11.6 Å². The fourth-order valence-corrected chi connectivity index (χ4v) is 1.61. The van der Waals surface area contributed by atoms with E-state index in [4.69, 9.17) is 0 Å². The maximum Gasteiger partial charge on any atom is 0.133 e. The summed E-state index contributed by atoms with van der Waals surface area (Å²) in [5.74, 6) is 0.266. The molecule has 1 atom stereocenters. The molecular weight excluding hydrogens is 176 g/mol. The minimum Gasteiger partial charge on any atom is -0.300 e. The lowest BCUT2D eigenvalue weighted by atomic mass is 9.92. The average molecular weight is 198 g/mol. The molecule has 0 saturated carbocycles. The maximum atomic E-state index is 11.2. The van der Waals surface area contributed by atoms with Crippen LogP contribution in [0, 0.1) is 5.92 Å². The summed E-state index contributed by atoms with van der Waals surface area (Å²) in [6.07, 6.45) is 6.00. The number of hydrogen-bond donors (Lipinski definition) is 0. The molecule has 0 radical (unpaired) electrons. The summed E-state index contributed by atoms with van der Waals surface area (Å²) in [6, 6.07) is 0. The van der Waals surface area contributed by atoms with Crippen molar-refractivity contribution < 1.29 is 9.59 Å². The second-order valence-electron chi connectivity index (χ2n) is 4.06. The number of unbranched alkanes of at least 4 members (excludes halogenated alkanes) is 3. The summed E-state index contributed by atoms with van der Waals surface area (Å²) < 4.78 is 0. The Morgan fingerprint density at radius 1 is 1.07 bits per heavy atom. The van der Waals surface area contributed by atoms with E-state index in [1.54, 1.807) is 13.8 Å². The molecule has 0 fully saturated rings. The smallest absolute Gasteiger partial charge is 0.133 e. The minimum absolute atomic E-state index is 0.0237. The van der Waals surface area contributed by atoms with E-state index in [0.29, 0.717) is 6.42 Å². The van der Waals surface area contributed by atoms with Gasteiger partial charge >= 0.3 is 0 Å². The second-order valence-corrected chi connectivity index (χ2v) is 4.06. The number of carbonyl (C=O) groups is 2. The van der Waals surface area contributed by atoms with Crippen molar-refractivity contribution in [3.05, 3.63) is 0 Å². The van der Waals surface area contributed by atoms with Gasteiger partial charge in [-0.15, -0.1) is 0 Å². The van der Waals surface area contributed by atoms with Crippen molar-refractivity contribution in [3.63, 3.8) is 0 Å². The molecule has 14 heavy (non-hydrogen) atoms. The Balaban J connectivity index is 3.74. The highest BCUT2D eigenvalue weighted by atomic mass is 16.1. The van der Waals surface area contributed by atoms with Crippen LogP contribution < -0.4 is 0 Å². The monoisotopic (exact) mass is 198 g/mol. The highest BCUT2D eigenvalue weighted by molar-refractivity contribution is 5.85. The van der Waals surface area contributed by atoms with Gasteiger partial charge in [0.15, 0.2) is 0 Å². The van der Waals surface area contributed by atoms with Gasteiger partial charge in [0.2, 0.25) is 0 Å². The van der Waals surface area contributed by atoms with Gasteiger partial charge in [0.05, 0.1) is 0 Å². The predicted octanol–water partition coefficient (Wildman–Crippen LogP) is 3.14. The van der Waals surface area contributed by atoms with E-state index >= 15 is 0 Å². The lowest BCUT2D eigenvalue weighted by Gasteiger charge is -2.11. The Bertz CT molecular complexity index is 185. The highest BCUT2D eigenvalue weighted by Gasteiger charge is 2.15. The number of hydrogen-bond acceptors (Lipinski definition) is 2. The van der Waals surface area contributed by atoms with E-state index in [0.717, 1.165) is 12.8 Å². The van der Waals surface area contributed by atoms with Crippen molar-refractivity contribution in [1.29, 1.82) is 0 Å². The van der Waals surface area contributed by atoms with Gasteiger partial charge in [0.1, 0.15) is 11.6 Å². The van der Waals surface area contributed by atoms with Gasteiger partial charge in [-0.3, -0.25) is 4.79 Å². The van der Waals surface area contributed by atoms with Crippen LogP contribution in [0.2, 0.25) is 0 Å². The Kier molecular flexibility index (Phi) is 7.35. The first-order valence-electron chi connectivity index (χ1n) is 5.57. The van der Waals surface area contributed by atoms with Crippen molar-refractivity contribution in [2.75, 3.05) is 0 Å². The summed E-state index contributed by atoms with van der Waals surface area (Å²) in [7, 11) is 0. The summed E-state index contributed by atoms with van der Waals surface area (Å²) in [6.45, 7) is 5.31. The molecule has 0 N–H and O–H groups in total. The van der Waals surface area contributed by atoms with Gasteiger partial charge in [-0.1, -0.05) is 32.6 Å². The molecule has 0 aliphatic heterocycles. The molecule has 0 spiro atoms. The van der Waals surface area contributed by atoms with E-state index < -0.39 is 0 Å². The fourth-order valence-electron chi connectivity index (χ4n) is 1.61. The van der Waals surface area contributed by atoms with Gasteiger partial charge < -0.3 is 4.79 Å². The first-order chi connectivity index (χ1) is 6.57. The van der Waals surface area contributed by atoms with Crippen molar-refractivity contribution in [3.8, 4) is 0 Å². The summed E-state index contributed by atoms with van der Waals surface area (Å²) in [4.78, 5) is 22.1. The number of Topliss-reactive ketones (excluding diaryl/α,β-unsaturated/α-hetero) is 2. The standard InChI is InChI=1S/C12H22O2/c1-4-5-6-7-8-12(11(3)14)9-10(2)13/h12H,4-9H2,1-3H3. The van der Waals surface area contributed by atoms with E-state index in [-0.39, 0.29) is 17.5 Å². The number of ketones is 2. The molecule has 0 bridgehead atoms. The van der Waals surface area contributed by atoms with Crippen LogP contribution in [0.4, 0.5) is 0 Å². The quantitative estimate of drug-likeness (QED) is 0.561. The van der Waals surface area contributed by atoms with Crippen LogP contribution in [0.15, 0.2) is 0 Å². The fraction of sp³-hybridized carbons (Fsp3) is 0.833. The molecule has 82 valence electrons. The lowest BCUT2D eigenvalue weighted by molar-refractivity contribution is -0.126. The van der Waals surface area contributed by atoms with Gasteiger partial charge in [-0.05, 0) is 20.3 Å². The van der Waals surface area contributed by atoms with E-state index in [1.165, 1.54) is 19.3 Å². The van der Waals surface area contributed by atoms with Crippen molar-refractivity contribution in [1.82, 2.24) is 0 Å². The first-order valence-corrected chi connectivity index (χ1v) is 5.57. The zero-order valence-electron chi connectivity index (χ0n) is 9.64. The van der Waals surface area contributed by atoms with Crippen LogP contribution >= 0.6 is 0 Å². The molecule has 0 aromatic rings. The summed E-state index contributed by atoms with van der Waals surface area (Å²) >= 11 is 0. The van der Waals surface area contributed by atoms with Crippen molar-refractivity contribution in [2.45, 2.75) is 59.3 Å². The predicted molar refractivity (Wildman–Crippen MR) is 58.2 cm³/mol. The number of rotatable bonds is 8. The molecule has 0 amide bonds. The first kappa shape index (κ1) is 13.3. The Morgan fingerprint density at radius 3 is 2.14 bits per heavy atom. The SMILES string of the molecule is CCCCCCC(CC(C)=O)C(C)=O. The largest absolute Gasteiger partial charge is 0.300 e. The van der Waals surface area contributed by atoms with Crippen LogP contribution in [0.5, 0.6) is 0 Å². The maximum absolute atomic E-state index is 11.2. The van der Waals surface area contributed by atoms with Gasteiger partial charge in [0, 0.05) is 12.3 Å². The third-order valence-electron chi connectivity index (χ3n) is 2.51. The number of carbonyl (C=O) groups excluding carboxylic acids is 2. The second kappa shape index (κ2) is 7.72. The minimum atomic E-state index is -0.0237. The molecule has 1 unspecified atom stereocenters. The van der Waals surface area contributed by atoms with E-state index in [1.807, 2.05) is 0 Å². The summed E-state index contributed by atoms with van der Waals surface area (Å²) in [5.41, 5.74) is 0. The van der Waals surface area contributed by atoms with E-state index in [9.17, 15) is 9.59 Å². The van der Waals surface area contributed by atoms with Crippen LogP contribution in [0.3, 0.4) is 0 Å². The Hall–Kier alpha value is -0.660. The van der Waals surface area contributed by atoms with Gasteiger partial charge in [-0.25, -0.2) is 0 Å². The molecule has 2 heteroatoms. The van der Waals surface area contributed by atoms with Crippen LogP contribution in [-0.2, 0) is 9.59 Å². The van der Waals surface area contributed by atoms with Crippen LogP contribution in [0.1, 0.15) is 59.3 Å². The molecular formula is C12H22O2. The molecule has 0 rings (SSSR count). The molecule has 0 saturated heterocycles. The average Bonchev–Trinajstić information content (AvgIpc) is 2.09.